The number of hydrogen-bond acceptors (Lipinski definition) is 2. The minimum atomic E-state index is 0.222. The maximum atomic E-state index is 12.9. The molecule has 3 fully saturated rings. The smallest absolute Gasteiger partial charge is 0.254 e. The van der Waals surface area contributed by atoms with E-state index in [4.69, 9.17) is 5.73 Å². The lowest BCUT2D eigenvalue weighted by atomic mass is 9.83. The van der Waals surface area contributed by atoms with Gasteiger partial charge in [0.05, 0.1) is 0 Å². The molecule has 4 rings (SSSR count). The van der Waals surface area contributed by atoms with Crippen molar-refractivity contribution < 1.29 is 4.79 Å². The van der Waals surface area contributed by atoms with Crippen LogP contribution in [0.3, 0.4) is 0 Å². The Balaban J connectivity index is 1.43. The Kier molecular flexibility index (Phi) is 4.14. The van der Waals surface area contributed by atoms with Crippen molar-refractivity contribution in [3.05, 3.63) is 35.4 Å². The summed E-state index contributed by atoms with van der Waals surface area (Å²) in [5, 5.41) is 0. The van der Waals surface area contributed by atoms with Crippen LogP contribution < -0.4 is 5.73 Å². The van der Waals surface area contributed by atoms with Crippen molar-refractivity contribution in [3.63, 3.8) is 0 Å². The van der Waals surface area contributed by atoms with Gasteiger partial charge in [-0.25, -0.2) is 0 Å². The lowest BCUT2D eigenvalue weighted by Crippen LogP contribution is -2.37. The highest BCUT2D eigenvalue weighted by molar-refractivity contribution is 5.94. The number of carbonyl (C=O) groups excluding carboxylic acids is 1. The fraction of sp³-hybridized carbons (Fsp3) is 0.650. The maximum absolute atomic E-state index is 12.9. The summed E-state index contributed by atoms with van der Waals surface area (Å²) in [6.45, 7) is 1.47. The van der Waals surface area contributed by atoms with Crippen LogP contribution in [0.4, 0.5) is 0 Å². The van der Waals surface area contributed by atoms with Gasteiger partial charge >= 0.3 is 0 Å². The van der Waals surface area contributed by atoms with E-state index in [2.05, 4.69) is 4.90 Å². The Labute approximate surface area is 139 Å². The largest absolute Gasteiger partial charge is 0.336 e. The topological polar surface area (TPSA) is 46.3 Å². The predicted octanol–water partition coefficient (Wildman–Crippen LogP) is 3.58. The van der Waals surface area contributed by atoms with Crippen LogP contribution >= 0.6 is 0 Å². The second-order valence-electron chi connectivity index (χ2n) is 7.87. The van der Waals surface area contributed by atoms with Crippen molar-refractivity contribution in [3.8, 4) is 0 Å². The number of nitrogens with two attached hydrogens (primary N) is 1. The minimum absolute atomic E-state index is 0.222. The lowest BCUT2D eigenvalue weighted by Gasteiger charge is -2.30. The van der Waals surface area contributed by atoms with Crippen LogP contribution in [0.15, 0.2) is 24.3 Å². The summed E-state index contributed by atoms with van der Waals surface area (Å²) in [4.78, 5) is 15.0. The normalized spacial score (nSPS) is 32.7. The SMILES string of the molecule is NCc1ccc(C(=O)N2CCCC2CC2CC3CCC2C3)cc1. The number of likely N-dealkylation sites (tertiary alicyclic amines) is 1. The first kappa shape index (κ1) is 15.2. The minimum Gasteiger partial charge on any atom is -0.336 e. The molecule has 4 atom stereocenters. The zero-order chi connectivity index (χ0) is 15.8. The average Bonchev–Trinajstić information content (AvgIpc) is 3.31. The monoisotopic (exact) mass is 312 g/mol. The first-order valence-corrected chi connectivity index (χ1v) is 9.34. The van der Waals surface area contributed by atoms with Crippen molar-refractivity contribution in [2.24, 2.45) is 23.5 Å². The summed E-state index contributed by atoms with van der Waals surface area (Å²) >= 11 is 0. The van der Waals surface area contributed by atoms with Crippen LogP contribution in [0.5, 0.6) is 0 Å². The van der Waals surface area contributed by atoms with E-state index in [1.54, 1.807) is 0 Å². The summed E-state index contributed by atoms with van der Waals surface area (Å²) in [6, 6.07) is 8.32. The first-order valence-electron chi connectivity index (χ1n) is 9.34. The van der Waals surface area contributed by atoms with E-state index in [0.717, 1.165) is 41.8 Å². The molecule has 0 spiro atoms. The van der Waals surface area contributed by atoms with E-state index < -0.39 is 0 Å². The van der Waals surface area contributed by atoms with Crippen LogP contribution in [-0.4, -0.2) is 23.4 Å². The molecule has 1 aromatic rings. The first-order chi connectivity index (χ1) is 11.2. The third-order valence-corrected chi connectivity index (χ3v) is 6.53. The summed E-state index contributed by atoms with van der Waals surface area (Å²) in [6.07, 6.45) is 9.39. The van der Waals surface area contributed by atoms with Crippen LogP contribution in [0, 0.1) is 17.8 Å². The molecule has 2 N–H and O–H groups in total. The second-order valence-corrected chi connectivity index (χ2v) is 7.87. The van der Waals surface area contributed by atoms with Crippen molar-refractivity contribution in [1.82, 2.24) is 4.90 Å². The van der Waals surface area contributed by atoms with Crippen molar-refractivity contribution >= 4 is 5.91 Å². The number of fused-ring (bicyclic) bond motifs is 2. The van der Waals surface area contributed by atoms with E-state index in [1.807, 2.05) is 24.3 Å². The van der Waals surface area contributed by atoms with Crippen LogP contribution in [0.25, 0.3) is 0 Å². The highest BCUT2D eigenvalue weighted by Crippen LogP contribution is 2.50. The van der Waals surface area contributed by atoms with Crippen molar-refractivity contribution in [2.45, 2.75) is 57.5 Å². The average molecular weight is 312 g/mol. The van der Waals surface area contributed by atoms with Crippen LogP contribution in [0.2, 0.25) is 0 Å². The zero-order valence-corrected chi connectivity index (χ0v) is 13.9. The third kappa shape index (κ3) is 2.91. The van der Waals surface area contributed by atoms with Gasteiger partial charge in [-0.05, 0) is 74.0 Å². The summed E-state index contributed by atoms with van der Waals surface area (Å²) in [5.41, 5.74) is 7.55. The molecule has 1 aliphatic heterocycles. The van der Waals surface area contributed by atoms with E-state index in [-0.39, 0.29) is 5.91 Å². The van der Waals surface area contributed by atoms with Gasteiger partial charge in [0.25, 0.3) is 5.91 Å². The number of nitrogens with zero attached hydrogens (tertiary/aromatic N) is 1. The highest BCUT2D eigenvalue weighted by atomic mass is 16.2. The lowest BCUT2D eigenvalue weighted by molar-refractivity contribution is 0.0707. The Morgan fingerprint density at radius 1 is 1.13 bits per heavy atom. The summed E-state index contributed by atoms with van der Waals surface area (Å²) in [7, 11) is 0. The number of amides is 1. The molecule has 23 heavy (non-hydrogen) atoms. The molecule has 4 unspecified atom stereocenters. The number of benzene rings is 1. The molecule has 1 amide bonds. The Morgan fingerprint density at radius 2 is 1.96 bits per heavy atom. The molecule has 0 radical (unpaired) electrons. The molecule has 3 heteroatoms. The second kappa shape index (κ2) is 6.27. The molecule has 1 heterocycles. The van der Waals surface area contributed by atoms with Gasteiger partial charge in [0.2, 0.25) is 0 Å². The van der Waals surface area contributed by atoms with Crippen LogP contribution in [-0.2, 0) is 6.54 Å². The summed E-state index contributed by atoms with van der Waals surface area (Å²) in [5.74, 6) is 3.06. The van der Waals surface area contributed by atoms with Gasteiger partial charge < -0.3 is 10.6 Å². The molecule has 3 nitrogen and oxygen atoms in total. The Hall–Kier alpha value is -1.35. The number of rotatable bonds is 4. The summed E-state index contributed by atoms with van der Waals surface area (Å²) < 4.78 is 0. The molecule has 2 bridgehead atoms. The Morgan fingerprint density at radius 3 is 2.61 bits per heavy atom. The van der Waals surface area contributed by atoms with E-state index in [1.165, 1.54) is 38.5 Å². The number of carbonyl (C=O) groups is 1. The van der Waals surface area contributed by atoms with Crippen LogP contribution in [0.1, 0.15) is 60.9 Å². The van der Waals surface area contributed by atoms with E-state index in [9.17, 15) is 4.79 Å². The molecule has 0 aromatic heterocycles. The van der Waals surface area contributed by atoms with Gasteiger partial charge in [-0.2, -0.15) is 0 Å². The fourth-order valence-corrected chi connectivity index (χ4v) is 5.31. The Bertz CT molecular complexity index is 568. The fourth-order valence-electron chi connectivity index (χ4n) is 5.31. The number of hydrogen-bond donors (Lipinski definition) is 1. The maximum Gasteiger partial charge on any atom is 0.254 e. The molecular formula is C20H28N2O. The van der Waals surface area contributed by atoms with E-state index >= 15 is 0 Å². The zero-order valence-electron chi connectivity index (χ0n) is 13.9. The van der Waals surface area contributed by atoms with Crippen molar-refractivity contribution in [2.75, 3.05) is 6.54 Å². The molecule has 3 aliphatic rings. The molecule has 1 saturated heterocycles. The van der Waals surface area contributed by atoms with Gasteiger partial charge in [-0.15, -0.1) is 0 Å². The molecular weight excluding hydrogens is 284 g/mol. The molecule has 2 saturated carbocycles. The van der Waals surface area contributed by atoms with Gasteiger partial charge in [0, 0.05) is 24.7 Å². The van der Waals surface area contributed by atoms with Gasteiger partial charge in [0.1, 0.15) is 0 Å². The standard InChI is InChI=1S/C20H28N2O/c21-13-14-3-6-16(7-4-14)20(23)22-9-1-2-19(22)12-18-11-15-5-8-17(18)10-15/h3-4,6-7,15,17-19H,1-2,5,8-13,21H2. The van der Waals surface area contributed by atoms with E-state index in [0.29, 0.717) is 12.6 Å². The highest BCUT2D eigenvalue weighted by Gasteiger charge is 2.42. The van der Waals surface area contributed by atoms with Gasteiger partial charge in [-0.3, -0.25) is 4.79 Å². The third-order valence-electron chi connectivity index (χ3n) is 6.53. The van der Waals surface area contributed by atoms with Gasteiger partial charge in [0.15, 0.2) is 0 Å². The van der Waals surface area contributed by atoms with Gasteiger partial charge in [-0.1, -0.05) is 18.6 Å². The quantitative estimate of drug-likeness (QED) is 0.923. The molecule has 124 valence electrons. The predicted molar refractivity (Wildman–Crippen MR) is 91.9 cm³/mol. The molecule has 2 aliphatic carbocycles. The van der Waals surface area contributed by atoms with Crippen molar-refractivity contribution in [1.29, 1.82) is 0 Å². The molecule has 1 aromatic carbocycles.